The van der Waals surface area contributed by atoms with E-state index in [1.807, 2.05) is 22.6 Å². The molecule has 0 radical (unpaired) electrons. The smallest absolute Gasteiger partial charge is 0.275 e. The fourth-order valence-corrected chi connectivity index (χ4v) is 2.30. The van der Waals surface area contributed by atoms with Crippen molar-refractivity contribution in [3.8, 4) is 0 Å². The van der Waals surface area contributed by atoms with Crippen molar-refractivity contribution in [2.24, 2.45) is 0 Å². The molecule has 0 unspecified atom stereocenters. The third kappa shape index (κ3) is 3.55. The predicted octanol–water partition coefficient (Wildman–Crippen LogP) is 4.38. The lowest BCUT2D eigenvalue weighted by Gasteiger charge is -2.08. The van der Waals surface area contributed by atoms with E-state index in [1.54, 1.807) is 0 Å². The third-order valence-electron chi connectivity index (χ3n) is 2.21. The van der Waals surface area contributed by atoms with Crippen LogP contribution in [0, 0.1) is 9.39 Å². The van der Waals surface area contributed by atoms with Gasteiger partial charge in [-0.3, -0.25) is 4.79 Å². The predicted molar refractivity (Wildman–Crippen MR) is 81.3 cm³/mol. The molecule has 3 nitrogen and oxygen atoms in total. The lowest BCUT2D eigenvalue weighted by molar-refractivity contribution is 0.102. The van der Waals surface area contributed by atoms with E-state index in [4.69, 9.17) is 23.2 Å². The number of nitrogens with one attached hydrogen (secondary N) is 1. The molecule has 0 bridgehead atoms. The van der Waals surface area contributed by atoms with Crippen molar-refractivity contribution in [1.29, 1.82) is 0 Å². The van der Waals surface area contributed by atoms with Gasteiger partial charge in [0.2, 0.25) is 0 Å². The van der Waals surface area contributed by atoms with Gasteiger partial charge in [-0.1, -0.05) is 23.2 Å². The summed E-state index contributed by atoms with van der Waals surface area (Å²) in [6.45, 7) is 0. The van der Waals surface area contributed by atoms with Crippen LogP contribution in [0.15, 0.2) is 30.3 Å². The van der Waals surface area contributed by atoms with E-state index in [0.717, 1.165) is 0 Å². The number of hydrogen-bond donors (Lipinski definition) is 1. The number of halogens is 4. The van der Waals surface area contributed by atoms with Crippen molar-refractivity contribution >= 4 is 57.4 Å². The van der Waals surface area contributed by atoms with Crippen LogP contribution in [0.2, 0.25) is 10.2 Å². The molecule has 2 aromatic rings. The number of nitrogens with zero attached hydrogens (tertiary/aromatic N) is 1. The SMILES string of the molecule is O=C(Nc1ccc(F)cc1I)c1nc(Cl)ccc1Cl. The maximum Gasteiger partial charge on any atom is 0.275 e. The standard InChI is InChI=1S/C12H6Cl2FIN2O/c13-7-2-4-10(14)18-11(7)12(19)17-9-3-1-6(15)5-8(9)16/h1-5H,(H,17,19). The van der Waals surface area contributed by atoms with Gasteiger partial charge >= 0.3 is 0 Å². The average molecular weight is 411 g/mol. The fourth-order valence-electron chi connectivity index (χ4n) is 1.35. The van der Waals surface area contributed by atoms with Gasteiger partial charge in [-0.2, -0.15) is 0 Å². The molecule has 0 saturated heterocycles. The Hall–Kier alpha value is -0.920. The number of hydrogen-bond acceptors (Lipinski definition) is 2. The van der Waals surface area contributed by atoms with Crippen LogP contribution in [-0.4, -0.2) is 10.9 Å². The first-order valence-electron chi connectivity index (χ1n) is 5.06. The first-order chi connectivity index (χ1) is 8.97. The largest absolute Gasteiger partial charge is 0.320 e. The zero-order valence-electron chi connectivity index (χ0n) is 9.25. The van der Waals surface area contributed by atoms with Crippen molar-refractivity contribution in [3.63, 3.8) is 0 Å². The normalized spacial score (nSPS) is 10.3. The maximum absolute atomic E-state index is 13.0. The Morgan fingerprint density at radius 1 is 1.26 bits per heavy atom. The van der Waals surface area contributed by atoms with E-state index in [1.165, 1.54) is 30.3 Å². The molecular formula is C12H6Cl2FIN2O. The minimum Gasteiger partial charge on any atom is -0.320 e. The first-order valence-corrected chi connectivity index (χ1v) is 6.89. The van der Waals surface area contributed by atoms with E-state index >= 15 is 0 Å². The lowest BCUT2D eigenvalue weighted by Crippen LogP contribution is -2.15. The number of aromatic nitrogens is 1. The van der Waals surface area contributed by atoms with Gasteiger partial charge in [0, 0.05) is 3.57 Å². The molecule has 1 amide bonds. The van der Waals surface area contributed by atoms with Gasteiger partial charge in [-0.15, -0.1) is 0 Å². The number of rotatable bonds is 2. The Morgan fingerprint density at radius 2 is 2.00 bits per heavy atom. The van der Waals surface area contributed by atoms with Crippen molar-refractivity contribution < 1.29 is 9.18 Å². The van der Waals surface area contributed by atoms with Gasteiger partial charge in [-0.25, -0.2) is 9.37 Å². The van der Waals surface area contributed by atoms with E-state index in [9.17, 15) is 9.18 Å². The highest BCUT2D eigenvalue weighted by molar-refractivity contribution is 14.1. The number of carbonyl (C=O) groups is 1. The quantitative estimate of drug-likeness (QED) is 0.589. The minimum atomic E-state index is -0.503. The molecule has 1 aromatic heterocycles. The molecule has 98 valence electrons. The van der Waals surface area contributed by atoms with Crippen LogP contribution in [-0.2, 0) is 0 Å². The molecule has 0 spiro atoms. The Bertz CT molecular complexity index is 652. The summed E-state index contributed by atoms with van der Waals surface area (Å²) in [6, 6.07) is 7.01. The highest BCUT2D eigenvalue weighted by Crippen LogP contribution is 2.22. The number of carbonyl (C=O) groups excluding carboxylic acids is 1. The topological polar surface area (TPSA) is 42.0 Å². The molecule has 0 fully saturated rings. The van der Waals surface area contributed by atoms with Crippen molar-refractivity contribution in [2.45, 2.75) is 0 Å². The van der Waals surface area contributed by atoms with E-state index < -0.39 is 5.91 Å². The summed E-state index contributed by atoms with van der Waals surface area (Å²) in [4.78, 5) is 15.9. The van der Waals surface area contributed by atoms with Crippen molar-refractivity contribution in [3.05, 3.63) is 55.6 Å². The average Bonchev–Trinajstić information content (AvgIpc) is 2.35. The highest BCUT2D eigenvalue weighted by atomic mass is 127. The van der Waals surface area contributed by atoms with Crippen LogP contribution in [0.5, 0.6) is 0 Å². The fraction of sp³-hybridized carbons (Fsp3) is 0. The zero-order chi connectivity index (χ0) is 14.0. The minimum absolute atomic E-state index is 0.0225. The Balaban J connectivity index is 2.28. The Labute approximate surface area is 132 Å². The molecule has 2 rings (SSSR count). The summed E-state index contributed by atoms with van der Waals surface area (Å²) in [5.41, 5.74) is 0.499. The van der Waals surface area contributed by atoms with Gasteiger partial charge in [0.25, 0.3) is 5.91 Å². The summed E-state index contributed by atoms with van der Waals surface area (Å²) in [5.74, 6) is -0.877. The summed E-state index contributed by atoms with van der Waals surface area (Å²) < 4.78 is 13.5. The molecule has 19 heavy (non-hydrogen) atoms. The zero-order valence-corrected chi connectivity index (χ0v) is 12.9. The van der Waals surface area contributed by atoms with Gasteiger partial charge in [0.05, 0.1) is 10.7 Å². The van der Waals surface area contributed by atoms with Crippen LogP contribution in [0.3, 0.4) is 0 Å². The molecule has 0 aliphatic carbocycles. The maximum atomic E-state index is 13.0. The lowest BCUT2D eigenvalue weighted by atomic mass is 10.3. The van der Waals surface area contributed by atoms with Crippen molar-refractivity contribution in [1.82, 2.24) is 4.98 Å². The molecule has 1 N–H and O–H groups in total. The van der Waals surface area contributed by atoms with E-state index in [-0.39, 0.29) is 21.7 Å². The molecule has 0 atom stereocenters. The van der Waals surface area contributed by atoms with Crippen LogP contribution in [0.4, 0.5) is 10.1 Å². The molecule has 0 saturated carbocycles. The van der Waals surface area contributed by atoms with Crippen LogP contribution in [0.1, 0.15) is 10.5 Å². The summed E-state index contributed by atoms with van der Waals surface area (Å²) in [7, 11) is 0. The van der Waals surface area contributed by atoms with Gasteiger partial charge in [0.15, 0.2) is 0 Å². The highest BCUT2D eigenvalue weighted by Gasteiger charge is 2.14. The molecule has 1 heterocycles. The van der Waals surface area contributed by atoms with Crippen LogP contribution >= 0.6 is 45.8 Å². The van der Waals surface area contributed by atoms with Gasteiger partial charge in [0.1, 0.15) is 16.7 Å². The molecule has 0 aliphatic heterocycles. The van der Waals surface area contributed by atoms with E-state index in [0.29, 0.717) is 9.26 Å². The second kappa shape index (κ2) is 6.02. The number of benzene rings is 1. The van der Waals surface area contributed by atoms with Crippen LogP contribution < -0.4 is 5.32 Å². The summed E-state index contributed by atoms with van der Waals surface area (Å²) in [5, 5.41) is 2.97. The second-order valence-corrected chi connectivity index (χ2v) is 5.50. The van der Waals surface area contributed by atoms with Crippen molar-refractivity contribution in [2.75, 3.05) is 5.32 Å². The Morgan fingerprint density at radius 3 is 2.68 bits per heavy atom. The third-order valence-corrected chi connectivity index (χ3v) is 3.61. The molecule has 1 aromatic carbocycles. The number of amides is 1. The molecule has 7 heteroatoms. The second-order valence-electron chi connectivity index (χ2n) is 3.54. The summed E-state index contributed by atoms with van der Waals surface area (Å²) in [6.07, 6.45) is 0. The Kier molecular flexibility index (Phi) is 4.59. The first kappa shape index (κ1) is 14.5. The van der Waals surface area contributed by atoms with Gasteiger partial charge in [-0.05, 0) is 52.9 Å². The number of anilines is 1. The molecular weight excluding hydrogens is 405 g/mol. The van der Waals surface area contributed by atoms with E-state index in [2.05, 4.69) is 10.3 Å². The number of pyridine rings is 1. The van der Waals surface area contributed by atoms with Gasteiger partial charge < -0.3 is 5.32 Å². The monoisotopic (exact) mass is 410 g/mol. The van der Waals surface area contributed by atoms with Crippen LogP contribution in [0.25, 0.3) is 0 Å². The summed E-state index contributed by atoms with van der Waals surface area (Å²) >= 11 is 13.5. The molecule has 0 aliphatic rings.